The molecule has 0 aliphatic heterocycles. The van der Waals surface area contributed by atoms with Gasteiger partial charge in [0, 0.05) is 20.0 Å². The Morgan fingerprint density at radius 1 is 1.05 bits per heavy atom. The summed E-state index contributed by atoms with van der Waals surface area (Å²) in [5.74, 6) is -1.11. The van der Waals surface area contributed by atoms with E-state index >= 15 is 0 Å². The van der Waals surface area contributed by atoms with Crippen LogP contribution in [0.5, 0.6) is 0 Å². The normalized spacial score (nSPS) is 9.58. The van der Waals surface area contributed by atoms with E-state index in [1.54, 1.807) is 18.2 Å². The lowest BCUT2D eigenvalue weighted by Crippen LogP contribution is -2.34. The number of benzene rings is 1. The van der Waals surface area contributed by atoms with Crippen molar-refractivity contribution in [2.75, 3.05) is 20.2 Å². The minimum atomic E-state index is -0.562. The monoisotopic (exact) mass is 264 g/mol. The van der Waals surface area contributed by atoms with Gasteiger partial charge in [0.1, 0.15) is 0 Å². The van der Waals surface area contributed by atoms with Crippen LogP contribution in [-0.2, 0) is 9.53 Å². The Morgan fingerprint density at radius 3 is 2.21 bits per heavy atom. The van der Waals surface area contributed by atoms with Gasteiger partial charge in [0.15, 0.2) is 0 Å². The van der Waals surface area contributed by atoms with E-state index in [2.05, 4.69) is 15.4 Å². The van der Waals surface area contributed by atoms with Crippen molar-refractivity contribution < 1.29 is 19.1 Å². The lowest BCUT2D eigenvalue weighted by molar-refractivity contribution is -0.118. The third-order valence-electron chi connectivity index (χ3n) is 2.36. The molecule has 0 spiro atoms. The average molecular weight is 264 g/mol. The number of amides is 2. The van der Waals surface area contributed by atoms with E-state index in [1.165, 1.54) is 20.1 Å². The Hall–Kier alpha value is -2.37. The predicted octanol–water partition coefficient (Wildman–Crippen LogP) is 0.339. The molecule has 0 fully saturated rings. The molecule has 0 unspecified atom stereocenters. The molecule has 102 valence electrons. The first-order valence-corrected chi connectivity index (χ1v) is 5.76. The van der Waals surface area contributed by atoms with Crippen LogP contribution in [0, 0.1) is 0 Å². The topological polar surface area (TPSA) is 84.5 Å². The van der Waals surface area contributed by atoms with Gasteiger partial charge in [0.25, 0.3) is 5.91 Å². The first-order valence-electron chi connectivity index (χ1n) is 5.76. The van der Waals surface area contributed by atoms with Crippen molar-refractivity contribution in [2.24, 2.45) is 0 Å². The van der Waals surface area contributed by atoms with Gasteiger partial charge in [-0.1, -0.05) is 12.1 Å². The van der Waals surface area contributed by atoms with Gasteiger partial charge in [-0.3, -0.25) is 9.59 Å². The lowest BCUT2D eigenvalue weighted by Gasteiger charge is -2.09. The SMILES string of the molecule is COC(=O)c1ccccc1C(=O)NCCNC(C)=O. The predicted molar refractivity (Wildman–Crippen MR) is 68.8 cm³/mol. The Morgan fingerprint density at radius 2 is 1.63 bits per heavy atom. The molecule has 0 radical (unpaired) electrons. The van der Waals surface area contributed by atoms with Gasteiger partial charge in [0.2, 0.25) is 5.91 Å². The fourth-order valence-corrected chi connectivity index (χ4v) is 1.48. The summed E-state index contributed by atoms with van der Waals surface area (Å²) in [7, 11) is 1.26. The molecular weight excluding hydrogens is 248 g/mol. The molecule has 0 aromatic heterocycles. The number of carbonyl (C=O) groups excluding carboxylic acids is 3. The molecule has 2 amide bonds. The summed E-state index contributed by atoms with van der Waals surface area (Å²) in [5, 5.41) is 5.17. The number of hydrogen-bond acceptors (Lipinski definition) is 4. The van der Waals surface area contributed by atoms with E-state index in [9.17, 15) is 14.4 Å². The van der Waals surface area contributed by atoms with Gasteiger partial charge in [-0.25, -0.2) is 4.79 Å². The summed E-state index contributed by atoms with van der Waals surface area (Å²) in [6.07, 6.45) is 0. The van der Waals surface area contributed by atoms with Crippen molar-refractivity contribution >= 4 is 17.8 Å². The summed E-state index contributed by atoms with van der Waals surface area (Å²) in [6.45, 7) is 2.02. The molecule has 0 aliphatic carbocycles. The molecule has 0 saturated heterocycles. The van der Waals surface area contributed by atoms with Crippen LogP contribution in [0.25, 0.3) is 0 Å². The molecule has 2 N–H and O–H groups in total. The van der Waals surface area contributed by atoms with Crippen LogP contribution in [0.1, 0.15) is 27.6 Å². The number of ether oxygens (including phenoxy) is 1. The molecule has 1 rings (SSSR count). The van der Waals surface area contributed by atoms with Crippen LogP contribution in [0.4, 0.5) is 0 Å². The molecule has 0 aliphatic rings. The second-order valence-corrected chi connectivity index (χ2v) is 3.78. The Kier molecular flexibility index (Phi) is 5.53. The minimum Gasteiger partial charge on any atom is -0.465 e. The third-order valence-corrected chi connectivity index (χ3v) is 2.36. The van der Waals surface area contributed by atoms with E-state index < -0.39 is 5.97 Å². The van der Waals surface area contributed by atoms with E-state index in [0.29, 0.717) is 6.54 Å². The standard InChI is InChI=1S/C13H16N2O4/c1-9(16)14-7-8-15-12(17)10-5-3-4-6-11(10)13(18)19-2/h3-6H,7-8H2,1-2H3,(H,14,16)(H,15,17). The molecular formula is C13H16N2O4. The number of methoxy groups -OCH3 is 1. The second-order valence-electron chi connectivity index (χ2n) is 3.78. The van der Waals surface area contributed by atoms with Crippen molar-refractivity contribution in [3.05, 3.63) is 35.4 Å². The first kappa shape index (κ1) is 14.7. The van der Waals surface area contributed by atoms with Crippen molar-refractivity contribution in [1.29, 1.82) is 0 Å². The molecule has 6 heteroatoms. The number of carbonyl (C=O) groups is 3. The zero-order chi connectivity index (χ0) is 14.3. The number of nitrogens with one attached hydrogen (secondary N) is 2. The van der Waals surface area contributed by atoms with Crippen molar-refractivity contribution in [1.82, 2.24) is 10.6 Å². The highest BCUT2D eigenvalue weighted by atomic mass is 16.5. The molecule has 19 heavy (non-hydrogen) atoms. The number of esters is 1. The van der Waals surface area contributed by atoms with Crippen LogP contribution in [0.3, 0.4) is 0 Å². The maximum Gasteiger partial charge on any atom is 0.338 e. The van der Waals surface area contributed by atoms with E-state index in [-0.39, 0.29) is 29.5 Å². The van der Waals surface area contributed by atoms with Gasteiger partial charge in [0.05, 0.1) is 18.2 Å². The second kappa shape index (κ2) is 7.15. The summed E-state index contributed by atoms with van der Waals surface area (Å²) in [6, 6.07) is 6.38. The molecule has 0 heterocycles. The molecule has 1 aromatic rings. The van der Waals surface area contributed by atoms with Crippen LogP contribution in [0.2, 0.25) is 0 Å². The zero-order valence-corrected chi connectivity index (χ0v) is 10.9. The quantitative estimate of drug-likeness (QED) is 0.593. The highest BCUT2D eigenvalue weighted by Crippen LogP contribution is 2.09. The Balaban J connectivity index is 2.66. The van der Waals surface area contributed by atoms with Crippen LogP contribution in [0.15, 0.2) is 24.3 Å². The van der Waals surface area contributed by atoms with Gasteiger partial charge in [-0.05, 0) is 12.1 Å². The number of rotatable bonds is 5. The van der Waals surface area contributed by atoms with Crippen LogP contribution >= 0.6 is 0 Å². The lowest BCUT2D eigenvalue weighted by atomic mass is 10.1. The molecule has 0 saturated carbocycles. The molecule has 0 atom stereocenters. The molecule has 1 aromatic carbocycles. The van der Waals surface area contributed by atoms with E-state index in [4.69, 9.17) is 0 Å². The fourth-order valence-electron chi connectivity index (χ4n) is 1.48. The van der Waals surface area contributed by atoms with Gasteiger partial charge in [-0.15, -0.1) is 0 Å². The summed E-state index contributed by atoms with van der Waals surface area (Å²) in [4.78, 5) is 34.1. The smallest absolute Gasteiger partial charge is 0.338 e. The number of hydrogen-bond donors (Lipinski definition) is 2. The molecule has 0 bridgehead atoms. The average Bonchev–Trinajstić information content (AvgIpc) is 2.42. The zero-order valence-electron chi connectivity index (χ0n) is 10.9. The van der Waals surface area contributed by atoms with Crippen molar-refractivity contribution in [3.63, 3.8) is 0 Å². The summed E-state index contributed by atoms with van der Waals surface area (Å²) >= 11 is 0. The Bertz CT molecular complexity index is 485. The first-order chi connectivity index (χ1) is 9.06. The van der Waals surface area contributed by atoms with Crippen molar-refractivity contribution in [3.8, 4) is 0 Å². The maximum atomic E-state index is 11.9. The van der Waals surface area contributed by atoms with Crippen LogP contribution in [-0.4, -0.2) is 38.0 Å². The van der Waals surface area contributed by atoms with Gasteiger partial charge >= 0.3 is 5.97 Å². The fraction of sp³-hybridized carbons (Fsp3) is 0.308. The highest BCUT2D eigenvalue weighted by molar-refractivity contribution is 6.05. The van der Waals surface area contributed by atoms with Crippen molar-refractivity contribution in [2.45, 2.75) is 6.92 Å². The van der Waals surface area contributed by atoms with Gasteiger partial charge < -0.3 is 15.4 Å². The highest BCUT2D eigenvalue weighted by Gasteiger charge is 2.16. The largest absolute Gasteiger partial charge is 0.465 e. The van der Waals surface area contributed by atoms with E-state index in [0.717, 1.165) is 0 Å². The summed E-state index contributed by atoms with van der Waals surface area (Å²) < 4.78 is 4.61. The third kappa shape index (κ3) is 4.42. The molecule has 6 nitrogen and oxygen atoms in total. The Labute approximate surface area is 111 Å². The van der Waals surface area contributed by atoms with Gasteiger partial charge in [-0.2, -0.15) is 0 Å². The summed E-state index contributed by atoms with van der Waals surface area (Å²) in [5.41, 5.74) is 0.458. The maximum absolute atomic E-state index is 11.9. The van der Waals surface area contributed by atoms with E-state index in [1.807, 2.05) is 0 Å². The minimum absolute atomic E-state index is 0.163. The van der Waals surface area contributed by atoms with Crippen LogP contribution < -0.4 is 10.6 Å².